The van der Waals surface area contributed by atoms with Crippen molar-refractivity contribution in [3.8, 4) is 5.75 Å². The molecule has 1 N–H and O–H groups in total. The van der Waals surface area contributed by atoms with Crippen LogP contribution in [-0.2, 0) is 21.2 Å². The second-order valence-electron chi connectivity index (χ2n) is 5.84. The number of halogens is 2. The number of sulfonamides is 1. The molecule has 1 amide bonds. The van der Waals surface area contributed by atoms with E-state index in [9.17, 15) is 22.0 Å². The summed E-state index contributed by atoms with van der Waals surface area (Å²) < 4.78 is 56.4. The fourth-order valence-electron chi connectivity index (χ4n) is 2.45. The van der Waals surface area contributed by atoms with Crippen LogP contribution in [0.3, 0.4) is 0 Å². The summed E-state index contributed by atoms with van der Waals surface area (Å²) in [6, 6.07) is 10.1. The molecule has 0 radical (unpaired) electrons. The molecule has 2 aromatic carbocycles. The molecule has 2 aromatic rings. The Bertz CT molecular complexity index is 919. The molecule has 146 valence electrons. The van der Waals surface area contributed by atoms with Gasteiger partial charge in [-0.05, 0) is 30.2 Å². The molecular weight excluding hydrogens is 378 g/mol. The Balaban J connectivity index is 2.05. The van der Waals surface area contributed by atoms with Gasteiger partial charge in [-0.25, -0.2) is 17.2 Å². The average Bonchev–Trinajstić information content (AvgIpc) is 2.61. The molecule has 0 saturated heterocycles. The molecule has 0 spiro atoms. The summed E-state index contributed by atoms with van der Waals surface area (Å²) in [5.74, 6) is -2.19. The molecular formula is C18H20F2N2O4S. The smallest absolute Gasteiger partial charge is 0.239 e. The van der Waals surface area contributed by atoms with Crippen LogP contribution >= 0.6 is 0 Å². The predicted octanol–water partition coefficient (Wildman–Crippen LogP) is 2.42. The van der Waals surface area contributed by atoms with Gasteiger partial charge in [0, 0.05) is 18.3 Å². The first kappa shape index (κ1) is 20.8. The van der Waals surface area contributed by atoms with Crippen LogP contribution in [-0.4, -0.2) is 45.1 Å². The minimum atomic E-state index is -3.66. The Hall–Kier alpha value is -2.52. The van der Waals surface area contributed by atoms with E-state index in [0.29, 0.717) is 12.2 Å². The largest absolute Gasteiger partial charge is 0.496 e. The highest BCUT2D eigenvalue weighted by Gasteiger charge is 2.21. The topological polar surface area (TPSA) is 75.7 Å². The van der Waals surface area contributed by atoms with Crippen molar-refractivity contribution in [1.29, 1.82) is 0 Å². The van der Waals surface area contributed by atoms with Gasteiger partial charge in [0.15, 0.2) is 11.6 Å². The van der Waals surface area contributed by atoms with E-state index in [0.717, 1.165) is 28.3 Å². The van der Waals surface area contributed by atoms with Gasteiger partial charge in [-0.1, -0.05) is 18.2 Å². The number of nitrogens with one attached hydrogen (secondary N) is 1. The van der Waals surface area contributed by atoms with E-state index in [2.05, 4.69) is 5.32 Å². The van der Waals surface area contributed by atoms with Crippen LogP contribution in [0.4, 0.5) is 14.5 Å². The quantitative estimate of drug-likeness (QED) is 0.741. The lowest BCUT2D eigenvalue weighted by atomic mass is 10.1. The maximum absolute atomic E-state index is 13.2. The molecule has 0 aliphatic carbocycles. The Morgan fingerprint density at radius 2 is 1.85 bits per heavy atom. The van der Waals surface area contributed by atoms with Crippen LogP contribution in [0.1, 0.15) is 5.56 Å². The Morgan fingerprint density at radius 3 is 2.48 bits per heavy atom. The van der Waals surface area contributed by atoms with Gasteiger partial charge in [0.25, 0.3) is 0 Å². The van der Waals surface area contributed by atoms with Crippen LogP contribution in [0.2, 0.25) is 0 Å². The Labute approximate surface area is 156 Å². The Morgan fingerprint density at radius 1 is 1.15 bits per heavy atom. The van der Waals surface area contributed by atoms with Crippen molar-refractivity contribution in [2.45, 2.75) is 6.42 Å². The zero-order valence-electron chi connectivity index (χ0n) is 14.9. The summed E-state index contributed by atoms with van der Waals surface area (Å²) in [6.07, 6.45) is 1.34. The lowest BCUT2D eigenvalue weighted by molar-refractivity contribution is -0.116. The number of para-hydroxylation sites is 1. The van der Waals surface area contributed by atoms with Gasteiger partial charge in [-0.3, -0.25) is 4.79 Å². The van der Waals surface area contributed by atoms with Gasteiger partial charge in [0.2, 0.25) is 15.9 Å². The number of carbonyl (C=O) groups is 1. The molecule has 9 heteroatoms. The first-order chi connectivity index (χ1) is 12.7. The SMILES string of the molecule is COc1ccccc1CCN(CC(=O)Nc1ccc(F)c(F)c1)S(C)(=O)=O. The Kier molecular flexibility index (Phi) is 6.86. The molecule has 0 aliphatic heterocycles. The molecule has 0 bridgehead atoms. The molecule has 0 saturated carbocycles. The monoisotopic (exact) mass is 398 g/mol. The first-order valence-corrected chi connectivity index (χ1v) is 9.87. The van der Waals surface area contributed by atoms with Crippen molar-refractivity contribution < 1.29 is 26.7 Å². The molecule has 0 atom stereocenters. The van der Waals surface area contributed by atoms with E-state index < -0.39 is 34.1 Å². The predicted molar refractivity (Wildman–Crippen MR) is 98.1 cm³/mol. The van der Waals surface area contributed by atoms with Crippen LogP contribution in [0.15, 0.2) is 42.5 Å². The highest BCUT2D eigenvalue weighted by atomic mass is 32.2. The number of methoxy groups -OCH3 is 1. The summed E-state index contributed by atoms with van der Waals surface area (Å²) in [5.41, 5.74) is 0.840. The number of benzene rings is 2. The van der Waals surface area contributed by atoms with Crippen molar-refractivity contribution in [1.82, 2.24) is 4.31 Å². The summed E-state index contributed by atoms with van der Waals surface area (Å²) in [4.78, 5) is 12.1. The maximum atomic E-state index is 13.2. The zero-order valence-corrected chi connectivity index (χ0v) is 15.7. The van der Waals surface area contributed by atoms with E-state index in [-0.39, 0.29) is 12.2 Å². The normalized spacial score (nSPS) is 11.4. The number of hydrogen-bond donors (Lipinski definition) is 1. The molecule has 2 rings (SSSR count). The number of carbonyl (C=O) groups excluding carboxylic acids is 1. The van der Waals surface area contributed by atoms with E-state index in [1.165, 1.54) is 13.2 Å². The molecule has 6 nitrogen and oxygen atoms in total. The van der Waals surface area contributed by atoms with Crippen molar-refractivity contribution in [2.24, 2.45) is 0 Å². The van der Waals surface area contributed by atoms with Gasteiger partial charge in [-0.2, -0.15) is 4.31 Å². The number of anilines is 1. The maximum Gasteiger partial charge on any atom is 0.239 e. The standard InChI is InChI=1S/C18H20F2N2O4S/c1-26-17-6-4-3-5-13(17)9-10-22(27(2,24)25)12-18(23)21-14-7-8-15(19)16(20)11-14/h3-8,11H,9-10,12H2,1-2H3,(H,21,23). The van der Waals surface area contributed by atoms with Gasteiger partial charge < -0.3 is 10.1 Å². The third kappa shape index (κ3) is 6.00. The molecule has 0 aliphatic rings. The molecule has 0 heterocycles. The lowest BCUT2D eigenvalue weighted by Gasteiger charge is -2.20. The van der Waals surface area contributed by atoms with Crippen molar-refractivity contribution >= 4 is 21.6 Å². The van der Waals surface area contributed by atoms with Crippen LogP contribution < -0.4 is 10.1 Å². The highest BCUT2D eigenvalue weighted by Crippen LogP contribution is 2.18. The second kappa shape index (κ2) is 8.92. The third-order valence-electron chi connectivity index (χ3n) is 3.82. The van der Waals surface area contributed by atoms with Gasteiger partial charge in [-0.15, -0.1) is 0 Å². The third-order valence-corrected chi connectivity index (χ3v) is 5.07. The summed E-state index contributed by atoms with van der Waals surface area (Å²) >= 11 is 0. The number of ether oxygens (including phenoxy) is 1. The number of rotatable bonds is 8. The van der Waals surface area contributed by atoms with Crippen LogP contribution in [0.5, 0.6) is 5.75 Å². The van der Waals surface area contributed by atoms with E-state index in [1.54, 1.807) is 24.3 Å². The number of hydrogen-bond acceptors (Lipinski definition) is 4. The molecule has 0 unspecified atom stereocenters. The highest BCUT2D eigenvalue weighted by molar-refractivity contribution is 7.88. The summed E-state index contributed by atoms with van der Waals surface area (Å²) in [5, 5.41) is 2.36. The van der Waals surface area contributed by atoms with Crippen LogP contribution in [0, 0.1) is 11.6 Å². The van der Waals surface area contributed by atoms with Crippen molar-refractivity contribution in [3.63, 3.8) is 0 Å². The number of amides is 1. The fraction of sp³-hybridized carbons (Fsp3) is 0.278. The first-order valence-electron chi connectivity index (χ1n) is 8.02. The molecule has 0 aromatic heterocycles. The summed E-state index contributed by atoms with van der Waals surface area (Å²) in [7, 11) is -2.14. The van der Waals surface area contributed by atoms with Gasteiger partial charge in [0.1, 0.15) is 5.75 Å². The van der Waals surface area contributed by atoms with E-state index >= 15 is 0 Å². The van der Waals surface area contributed by atoms with Gasteiger partial charge in [0.05, 0.1) is 19.9 Å². The lowest BCUT2D eigenvalue weighted by Crippen LogP contribution is -2.38. The molecule has 0 fully saturated rings. The minimum Gasteiger partial charge on any atom is -0.496 e. The van der Waals surface area contributed by atoms with E-state index in [1.807, 2.05) is 0 Å². The zero-order chi connectivity index (χ0) is 20.0. The minimum absolute atomic E-state index is 0.0390. The number of nitrogens with zero attached hydrogens (tertiary/aromatic N) is 1. The van der Waals surface area contributed by atoms with E-state index in [4.69, 9.17) is 4.74 Å². The van der Waals surface area contributed by atoms with Crippen LogP contribution in [0.25, 0.3) is 0 Å². The summed E-state index contributed by atoms with van der Waals surface area (Å²) in [6.45, 7) is -0.391. The second-order valence-corrected chi connectivity index (χ2v) is 7.82. The van der Waals surface area contributed by atoms with Gasteiger partial charge >= 0.3 is 0 Å². The fourth-order valence-corrected chi connectivity index (χ4v) is 3.23. The van der Waals surface area contributed by atoms with Crippen molar-refractivity contribution in [3.05, 3.63) is 59.7 Å². The van der Waals surface area contributed by atoms with Crippen molar-refractivity contribution in [2.75, 3.05) is 31.8 Å². The average molecular weight is 398 g/mol. The molecule has 27 heavy (non-hydrogen) atoms.